The van der Waals surface area contributed by atoms with Gasteiger partial charge in [0.15, 0.2) is 0 Å². The lowest BCUT2D eigenvalue weighted by Crippen LogP contribution is -2.26. The Kier molecular flexibility index (Phi) is 6.58. The van der Waals surface area contributed by atoms with Gasteiger partial charge in [0.25, 0.3) is 0 Å². The monoisotopic (exact) mass is 335 g/mol. The number of alkyl halides is 2. The first-order chi connectivity index (χ1) is 10.1. The van der Waals surface area contributed by atoms with Gasteiger partial charge in [-0.05, 0) is 43.2 Å². The molecular formula is C15H20ClF2NOS. The molecule has 0 heterocycles. The molecule has 0 radical (unpaired) electrons. The smallest absolute Gasteiger partial charge is 0.387 e. The van der Waals surface area contributed by atoms with Crippen molar-refractivity contribution in [2.75, 3.05) is 5.75 Å². The molecule has 118 valence electrons. The van der Waals surface area contributed by atoms with Gasteiger partial charge in [0.2, 0.25) is 0 Å². The maximum Gasteiger partial charge on any atom is 0.387 e. The minimum atomic E-state index is -2.82. The maximum absolute atomic E-state index is 12.4. The highest BCUT2D eigenvalue weighted by molar-refractivity contribution is 7.99. The van der Waals surface area contributed by atoms with Gasteiger partial charge in [0, 0.05) is 28.4 Å². The Labute approximate surface area is 133 Å². The topological polar surface area (TPSA) is 21.3 Å². The van der Waals surface area contributed by atoms with Crippen LogP contribution in [0.15, 0.2) is 18.2 Å². The molecule has 2 unspecified atom stereocenters. The number of nitrogens with one attached hydrogen (secondary N) is 1. The van der Waals surface area contributed by atoms with Gasteiger partial charge < -0.3 is 10.1 Å². The number of ether oxygens (including phenoxy) is 1. The van der Waals surface area contributed by atoms with Crippen LogP contribution in [0.2, 0.25) is 5.02 Å². The molecule has 0 bridgehead atoms. The van der Waals surface area contributed by atoms with Gasteiger partial charge in [-0.1, -0.05) is 18.5 Å². The summed E-state index contributed by atoms with van der Waals surface area (Å²) in [4.78, 5) is 0. The zero-order valence-corrected chi connectivity index (χ0v) is 13.5. The molecule has 0 amide bonds. The van der Waals surface area contributed by atoms with Gasteiger partial charge >= 0.3 is 6.61 Å². The van der Waals surface area contributed by atoms with Crippen LogP contribution < -0.4 is 10.1 Å². The Balaban J connectivity index is 1.92. The zero-order valence-electron chi connectivity index (χ0n) is 12.0. The van der Waals surface area contributed by atoms with Crippen molar-refractivity contribution in [3.05, 3.63) is 28.8 Å². The fourth-order valence-electron chi connectivity index (χ4n) is 2.66. The van der Waals surface area contributed by atoms with Crippen LogP contribution in [0, 0.1) is 0 Å². The third-order valence-electron chi connectivity index (χ3n) is 3.61. The first kappa shape index (κ1) is 16.8. The number of hydrogen-bond acceptors (Lipinski definition) is 3. The molecule has 0 aliphatic heterocycles. The van der Waals surface area contributed by atoms with E-state index in [1.165, 1.54) is 12.5 Å². The van der Waals surface area contributed by atoms with Crippen LogP contribution in [-0.2, 0) is 6.54 Å². The van der Waals surface area contributed by atoms with Crippen molar-refractivity contribution in [2.45, 2.75) is 50.6 Å². The highest BCUT2D eigenvalue weighted by Gasteiger charge is 2.24. The van der Waals surface area contributed by atoms with E-state index in [0.717, 1.165) is 18.6 Å². The van der Waals surface area contributed by atoms with Crippen molar-refractivity contribution in [2.24, 2.45) is 0 Å². The molecule has 0 spiro atoms. The summed E-state index contributed by atoms with van der Waals surface area (Å²) in [5.41, 5.74) is 0.675. The normalized spacial score (nSPS) is 22.0. The van der Waals surface area contributed by atoms with Crippen molar-refractivity contribution in [1.29, 1.82) is 0 Å². The van der Waals surface area contributed by atoms with E-state index in [1.807, 2.05) is 11.8 Å². The summed E-state index contributed by atoms with van der Waals surface area (Å²) in [5.74, 6) is 1.33. The van der Waals surface area contributed by atoms with Gasteiger partial charge in [0.05, 0.1) is 0 Å². The quantitative estimate of drug-likeness (QED) is 0.780. The standard InChI is InChI=1S/C15H20ClF2NOS/c1-2-21-13-5-4-12(8-13)19-9-10-7-11(16)3-6-14(10)20-15(17)18/h3,6-7,12-13,15,19H,2,4-5,8-9H2,1H3. The molecule has 2 rings (SSSR count). The van der Waals surface area contributed by atoms with Crippen molar-refractivity contribution in [1.82, 2.24) is 5.32 Å². The minimum absolute atomic E-state index is 0.194. The van der Waals surface area contributed by atoms with Crippen LogP contribution in [0.3, 0.4) is 0 Å². The molecule has 0 aromatic heterocycles. The lowest BCUT2D eigenvalue weighted by Gasteiger charge is -2.16. The summed E-state index contributed by atoms with van der Waals surface area (Å²) in [6.07, 6.45) is 3.47. The molecule has 1 fully saturated rings. The average molecular weight is 336 g/mol. The summed E-state index contributed by atoms with van der Waals surface area (Å²) in [6, 6.07) is 5.18. The molecule has 1 aromatic rings. The van der Waals surface area contributed by atoms with Crippen LogP contribution in [0.25, 0.3) is 0 Å². The highest BCUT2D eigenvalue weighted by Crippen LogP contribution is 2.30. The first-order valence-electron chi connectivity index (χ1n) is 7.16. The summed E-state index contributed by atoms with van der Waals surface area (Å²) in [5, 5.41) is 4.67. The average Bonchev–Trinajstić information content (AvgIpc) is 2.87. The first-order valence-corrected chi connectivity index (χ1v) is 8.59. The molecule has 6 heteroatoms. The van der Waals surface area contributed by atoms with E-state index in [-0.39, 0.29) is 5.75 Å². The van der Waals surface area contributed by atoms with E-state index >= 15 is 0 Å². The SMILES string of the molecule is CCSC1CCC(NCc2cc(Cl)ccc2OC(F)F)C1. The van der Waals surface area contributed by atoms with Gasteiger partial charge in [-0.25, -0.2) is 0 Å². The molecule has 1 aliphatic carbocycles. The number of hydrogen-bond donors (Lipinski definition) is 1. The van der Waals surface area contributed by atoms with E-state index in [4.69, 9.17) is 11.6 Å². The predicted octanol–water partition coefficient (Wildman–Crippen LogP) is 4.71. The fraction of sp³-hybridized carbons (Fsp3) is 0.600. The lowest BCUT2D eigenvalue weighted by molar-refractivity contribution is -0.0505. The minimum Gasteiger partial charge on any atom is -0.434 e. The van der Waals surface area contributed by atoms with E-state index in [2.05, 4.69) is 17.0 Å². The Hall–Kier alpha value is -0.520. The summed E-state index contributed by atoms with van der Waals surface area (Å²) < 4.78 is 29.3. The summed E-state index contributed by atoms with van der Waals surface area (Å²) >= 11 is 7.93. The second kappa shape index (κ2) is 8.20. The maximum atomic E-state index is 12.4. The molecule has 2 atom stereocenters. The second-order valence-corrected chi connectivity index (χ2v) is 7.11. The Morgan fingerprint density at radius 3 is 2.95 bits per heavy atom. The number of thioether (sulfide) groups is 1. The molecular weight excluding hydrogens is 316 g/mol. The zero-order chi connectivity index (χ0) is 15.2. The molecule has 1 saturated carbocycles. The molecule has 1 N–H and O–H groups in total. The third-order valence-corrected chi connectivity index (χ3v) is 5.07. The van der Waals surface area contributed by atoms with E-state index in [9.17, 15) is 8.78 Å². The molecule has 2 nitrogen and oxygen atoms in total. The fourth-order valence-corrected chi connectivity index (χ4v) is 4.00. The van der Waals surface area contributed by atoms with E-state index in [1.54, 1.807) is 12.1 Å². The van der Waals surface area contributed by atoms with Crippen LogP contribution >= 0.6 is 23.4 Å². The van der Waals surface area contributed by atoms with Gasteiger partial charge in [-0.15, -0.1) is 0 Å². The van der Waals surface area contributed by atoms with Gasteiger partial charge in [0.1, 0.15) is 5.75 Å². The summed E-state index contributed by atoms with van der Waals surface area (Å²) in [6.45, 7) is -0.149. The van der Waals surface area contributed by atoms with E-state index in [0.29, 0.717) is 28.4 Å². The molecule has 21 heavy (non-hydrogen) atoms. The lowest BCUT2D eigenvalue weighted by atomic mass is 10.1. The van der Waals surface area contributed by atoms with Crippen LogP contribution in [0.1, 0.15) is 31.7 Å². The number of halogens is 3. The van der Waals surface area contributed by atoms with Crippen molar-refractivity contribution < 1.29 is 13.5 Å². The van der Waals surface area contributed by atoms with Gasteiger partial charge in [-0.3, -0.25) is 0 Å². The van der Waals surface area contributed by atoms with Crippen molar-refractivity contribution in [3.8, 4) is 5.75 Å². The third kappa shape index (κ3) is 5.31. The predicted molar refractivity (Wildman–Crippen MR) is 84.5 cm³/mol. The second-order valence-electron chi connectivity index (χ2n) is 5.10. The van der Waals surface area contributed by atoms with Gasteiger partial charge in [-0.2, -0.15) is 20.5 Å². The Bertz CT molecular complexity index is 461. The molecule has 0 saturated heterocycles. The van der Waals surface area contributed by atoms with Crippen LogP contribution in [0.4, 0.5) is 8.78 Å². The van der Waals surface area contributed by atoms with Crippen molar-refractivity contribution >= 4 is 23.4 Å². The van der Waals surface area contributed by atoms with E-state index < -0.39 is 6.61 Å². The Morgan fingerprint density at radius 2 is 2.24 bits per heavy atom. The summed E-state index contributed by atoms with van der Waals surface area (Å²) in [7, 11) is 0. The largest absolute Gasteiger partial charge is 0.434 e. The van der Waals surface area contributed by atoms with Crippen LogP contribution in [0.5, 0.6) is 5.75 Å². The molecule has 1 aromatic carbocycles. The van der Waals surface area contributed by atoms with Crippen molar-refractivity contribution in [3.63, 3.8) is 0 Å². The number of rotatable bonds is 7. The van der Waals surface area contributed by atoms with Crippen LogP contribution in [-0.4, -0.2) is 23.7 Å². The highest BCUT2D eigenvalue weighted by atomic mass is 35.5. The number of benzene rings is 1. The molecule has 1 aliphatic rings. The Morgan fingerprint density at radius 1 is 1.43 bits per heavy atom.